The van der Waals surface area contributed by atoms with E-state index in [2.05, 4.69) is 10.6 Å². The molecular formula is C27H37N3O4. The molecule has 0 aliphatic carbocycles. The van der Waals surface area contributed by atoms with Crippen molar-refractivity contribution in [2.75, 3.05) is 6.54 Å². The van der Waals surface area contributed by atoms with Crippen LogP contribution in [-0.2, 0) is 20.9 Å². The van der Waals surface area contributed by atoms with Crippen LogP contribution < -0.4 is 10.6 Å². The molecule has 0 spiro atoms. The lowest BCUT2D eigenvalue weighted by Crippen LogP contribution is -2.52. The number of rotatable bonds is 8. The van der Waals surface area contributed by atoms with E-state index in [0.717, 1.165) is 22.3 Å². The highest BCUT2D eigenvalue weighted by Gasteiger charge is 2.34. The summed E-state index contributed by atoms with van der Waals surface area (Å²) in [5.74, 6) is -0.647. The van der Waals surface area contributed by atoms with Crippen LogP contribution in [0.25, 0.3) is 0 Å². The molecule has 0 heterocycles. The van der Waals surface area contributed by atoms with Crippen LogP contribution >= 0.6 is 0 Å². The maximum atomic E-state index is 13.5. The number of hydrogen-bond donors (Lipinski definition) is 2. The van der Waals surface area contributed by atoms with Gasteiger partial charge in [0.25, 0.3) is 0 Å². The lowest BCUT2D eigenvalue weighted by Gasteiger charge is -2.33. The quantitative estimate of drug-likeness (QED) is 0.602. The fourth-order valence-electron chi connectivity index (χ4n) is 3.65. The number of carbonyl (C=O) groups is 3. The van der Waals surface area contributed by atoms with Crippen molar-refractivity contribution in [3.8, 4) is 0 Å². The normalized spacial score (nSPS) is 12.9. The van der Waals surface area contributed by atoms with E-state index in [1.54, 1.807) is 27.7 Å². The molecule has 0 aliphatic rings. The molecule has 2 atom stereocenters. The first-order valence-corrected chi connectivity index (χ1v) is 11.6. The second-order valence-electron chi connectivity index (χ2n) is 9.46. The summed E-state index contributed by atoms with van der Waals surface area (Å²) in [4.78, 5) is 40.7. The average molecular weight is 468 g/mol. The Morgan fingerprint density at radius 1 is 1.03 bits per heavy atom. The third-order valence-corrected chi connectivity index (χ3v) is 5.33. The fourth-order valence-corrected chi connectivity index (χ4v) is 3.65. The summed E-state index contributed by atoms with van der Waals surface area (Å²) in [6.07, 6.45) is -0.679. The Kier molecular flexibility index (Phi) is 9.24. The van der Waals surface area contributed by atoms with Crippen LogP contribution in [0.3, 0.4) is 0 Å². The molecule has 0 fully saturated rings. The molecule has 3 amide bonds. The maximum Gasteiger partial charge on any atom is 0.408 e. The zero-order chi connectivity index (χ0) is 25.5. The molecule has 0 saturated heterocycles. The number of ether oxygens (including phenoxy) is 1. The van der Waals surface area contributed by atoms with E-state index in [9.17, 15) is 14.4 Å². The molecule has 0 aromatic heterocycles. The molecule has 2 aromatic carbocycles. The predicted octanol–water partition coefficient (Wildman–Crippen LogP) is 4.42. The molecular weight excluding hydrogens is 430 g/mol. The Morgan fingerprint density at radius 2 is 1.68 bits per heavy atom. The van der Waals surface area contributed by atoms with Crippen LogP contribution in [0.1, 0.15) is 62.9 Å². The minimum atomic E-state index is -0.871. The summed E-state index contributed by atoms with van der Waals surface area (Å²) in [6, 6.07) is 13.8. The summed E-state index contributed by atoms with van der Waals surface area (Å²) >= 11 is 0. The molecule has 0 saturated carbocycles. The summed E-state index contributed by atoms with van der Waals surface area (Å²) in [7, 11) is 0. The molecule has 2 N–H and O–H groups in total. The van der Waals surface area contributed by atoms with Gasteiger partial charge in [-0.1, -0.05) is 54.1 Å². The first-order chi connectivity index (χ1) is 15.9. The van der Waals surface area contributed by atoms with E-state index in [0.29, 0.717) is 6.54 Å². The van der Waals surface area contributed by atoms with Crippen LogP contribution in [-0.4, -0.2) is 41.0 Å². The number of nitrogens with zero attached hydrogens (tertiary/aromatic N) is 1. The first-order valence-electron chi connectivity index (χ1n) is 11.6. The van der Waals surface area contributed by atoms with Gasteiger partial charge < -0.3 is 20.3 Å². The van der Waals surface area contributed by atoms with Gasteiger partial charge >= 0.3 is 6.09 Å². The lowest BCUT2D eigenvalue weighted by atomic mass is 9.96. The van der Waals surface area contributed by atoms with Gasteiger partial charge in [-0.3, -0.25) is 9.59 Å². The Labute approximate surface area is 202 Å². The Hall–Kier alpha value is -3.35. The zero-order valence-electron chi connectivity index (χ0n) is 21.3. The summed E-state index contributed by atoms with van der Waals surface area (Å²) in [6.45, 7) is 13.2. The number of aryl methyl sites for hydroxylation is 2. The molecule has 2 unspecified atom stereocenters. The number of amides is 3. The van der Waals surface area contributed by atoms with Gasteiger partial charge in [-0.15, -0.1) is 0 Å². The summed E-state index contributed by atoms with van der Waals surface area (Å²) < 4.78 is 5.29. The van der Waals surface area contributed by atoms with Gasteiger partial charge in [-0.2, -0.15) is 0 Å². The highest BCUT2D eigenvalue weighted by atomic mass is 16.6. The van der Waals surface area contributed by atoms with Crippen molar-refractivity contribution < 1.29 is 19.1 Å². The Bertz CT molecular complexity index is 999. The Balaban J connectivity index is 2.32. The number of alkyl carbamates (subject to hydrolysis) is 1. The molecule has 0 radical (unpaired) electrons. The van der Waals surface area contributed by atoms with Crippen LogP contribution in [0, 0.1) is 13.8 Å². The second-order valence-corrected chi connectivity index (χ2v) is 9.46. The van der Waals surface area contributed by atoms with Crippen molar-refractivity contribution in [3.05, 3.63) is 70.8 Å². The van der Waals surface area contributed by atoms with Gasteiger partial charge in [-0.05, 0) is 65.2 Å². The van der Waals surface area contributed by atoms with Gasteiger partial charge in [0.15, 0.2) is 0 Å². The average Bonchev–Trinajstić information content (AvgIpc) is 2.76. The van der Waals surface area contributed by atoms with Crippen molar-refractivity contribution >= 4 is 17.9 Å². The Morgan fingerprint density at radius 3 is 2.26 bits per heavy atom. The second kappa shape index (κ2) is 11.7. The van der Waals surface area contributed by atoms with Crippen molar-refractivity contribution in [1.82, 2.24) is 15.5 Å². The molecule has 2 rings (SSSR count). The molecule has 34 heavy (non-hydrogen) atoms. The maximum absolute atomic E-state index is 13.5. The van der Waals surface area contributed by atoms with E-state index in [1.807, 2.05) is 69.3 Å². The number of nitrogens with one attached hydrogen (secondary N) is 2. The first kappa shape index (κ1) is 26.9. The topological polar surface area (TPSA) is 87.7 Å². The van der Waals surface area contributed by atoms with Crippen LogP contribution in [0.2, 0.25) is 0 Å². The van der Waals surface area contributed by atoms with E-state index >= 15 is 0 Å². The van der Waals surface area contributed by atoms with Gasteiger partial charge in [0.05, 0.1) is 0 Å². The summed E-state index contributed by atoms with van der Waals surface area (Å²) in [5, 5.41) is 5.58. The van der Waals surface area contributed by atoms with Crippen molar-refractivity contribution in [2.45, 2.75) is 72.7 Å². The molecule has 184 valence electrons. The van der Waals surface area contributed by atoms with E-state index in [-0.39, 0.29) is 18.4 Å². The van der Waals surface area contributed by atoms with Crippen molar-refractivity contribution in [3.63, 3.8) is 0 Å². The predicted molar refractivity (Wildman–Crippen MR) is 133 cm³/mol. The van der Waals surface area contributed by atoms with Crippen LogP contribution in [0.5, 0.6) is 0 Å². The highest BCUT2D eigenvalue weighted by molar-refractivity contribution is 5.92. The number of benzene rings is 2. The molecule has 7 nitrogen and oxygen atoms in total. The molecule has 7 heteroatoms. The largest absolute Gasteiger partial charge is 0.444 e. The van der Waals surface area contributed by atoms with E-state index in [4.69, 9.17) is 4.74 Å². The minimum Gasteiger partial charge on any atom is -0.444 e. The van der Waals surface area contributed by atoms with Crippen molar-refractivity contribution in [2.24, 2.45) is 0 Å². The third kappa shape index (κ3) is 7.61. The van der Waals surface area contributed by atoms with Crippen LogP contribution in [0.4, 0.5) is 4.79 Å². The number of carbonyl (C=O) groups excluding carboxylic acids is 3. The molecule has 0 bridgehead atoms. The van der Waals surface area contributed by atoms with E-state index in [1.165, 1.54) is 4.90 Å². The number of likely N-dealkylation sites (N-methyl/N-ethyl adjacent to an activating group) is 1. The highest BCUT2D eigenvalue weighted by Crippen LogP contribution is 2.26. The van der Waals surface area contributed by atoms with Gasteiger partial charge in [0.1, 0.15) is 17.7 Å². The monoisotopic (exact) mass is 467 g/mol. The smallest absolute Gasteiger partial charge is 0.408 e. The molecule has 2 aromatic rings. The summed E-state index contributed by atoms with van der Waals surface area (Å²) in [5.41, 5.74) is 2.93. The lowest BCUT2D eigenvalue weighted by molar-refractivity contribution is -0.142. The third-order valence-electron chi connectivity index (χ3n) is 5.33. The van der Waals surface area contributed by atoms with Crippen LogP contribution in [0.15, 0.2) is 48.5 Å². The SMILES string of the molecule is CCN(C(=O)C(C)NC(=O)OC(C)(C)C)C(C(=O)NCc1ccccc1)c1cc(C)ccc1C. The standard InChI is InChI=1S/C27H37N3O4/c1-8-30(25(32)20(4)29-26(33)34-27(5,6)7)23(22-16-18(2)14-15-19(22)3)24(31)28-17-21-12-10-9-11-13-21/h9-16,20,23H,8,17H2,1-7H3,(H,28,31)(H,29,33). The minimum absolute atomic E-state index is 0.280. The van der Waals surface area contributed by atoms with Gasteiger partial charge in [0, 0.05) is 13.1 Å². The number of hydrogen-bond acceptors (Lipinski definition) is 4. The van der Waals surface area contributed by atoms with Crippen molar-refractivity contribution in [1.29, 1.82) is 0 Å². The zero-order valence-corrected chi connectivity index (χ0v) is 21.3. The fraction of sp³-hybridized carbons (Fsp3) is 0.444. The van der Waals surface area contributed by atoms with E-state index < -0.39 is 23.8 Å². The van der Waals surface area contributed by atoms with Gasteiger partial charge in [0.2, 0.25) is 11.8 Å². The van der Waals surface area contributed by atoms with Gasteiger partial charge in [-0.25, -0.2) is 4.79 Å². The molecule has 0 aliphatic heterocycles.